The average Bonchev–Trinajstić information content (AvgIpc) is 2.42. The molecule has 0 amide bonds. The van der Waals surface area contributed by atoms with Crippen molar-refractivity contribution in [1.29, 1.82) is 0 Å². The van der Waals surface area contributed by atoms with Crippen molar-refractivity contribution in [1.82, 2.24) is 5.32 Å². The molecule has 0 aliphatic rings. The highest BCUT2D eigenvalue weighted by Crippen LogP contribution is 2.25. The molecule has 3 nitrogen and oxygen atoms in total. The van der Waals surface area contributed by atoms with Crippen molar-refractivity contribution in [2.75, 3.05) is 19.8 Å². The van der Waals surface area contributed by atoms with E-state index in [4.69, 9.17) is 21.4 Å². The van der Waals surface area contributed by atoms with E-state index in [-0.39, 0.29) is 12.6 Å². The second-order valence-electron chi connectivity index (χ2n) is 4.73. The lowest BCUT2D eigenvalue weighted by molar-refractivity contribution is 0.237. The summed E-state index contributed by atoms with van der Waals surface area (Å²) in [4.78, 5) is 0. The van der Waals surface area contributed by atoms with Gasteiger partial charge in [0, 0.05) is 6.04 Å². The first-order chi connectivity index (χ1) is 9.17. The van der Waals surface area contributed by atoms with E-state index in [9.17, 15) is 0 Å². The summed E-state index contributed by atoms with van der Waals surface area (Å²) in [7, 11) is 0. The first kappa shape index (κ1) is 16.3. The molecule has 108 valence electrons. The number of halogens is 1. The van der Waals surface area contributed by atoms with Gasteiger partial charge in [-0.2, -0.15) is 0 Å². The molecule has 0 spiro atoms. The van der Waals surface area contributed by atoms with E-state index in [1.54, 1.807) is 0 Å². The molecule has 0 fully saturated rings. The number of aryl methyl sites for hydroxylation is 1. The Balaban J connectivity index is 2.15. The van der Waals surface area contributed by atoms with Crippen LogP contribution in [0.1, 0.15) is 31.7 Å². The molecule has 4 heteroatoms. The largest absolute Gasteiger partial charge is 0.492 e. The number of unbranched alkanes of at least 4 members (excludes halogenated alkanes) is 1. The maximum absolute atomic E-state index is 9.03. The Kier molecular flexibility index (Phi) is 7.87. The molecule has 1 aromatic rings. The first-order valence-corrected chi connectivity index (χ1v) is 7.28. The van der Waals surface area contributed by atoms with Gasteiger partial charge in [0.05, 0.1) is 18.2 Å². The van der Waals surface area contributed by atoms with Gasteiger partial charge in [0.1, 0.15) is 5.75 Å². The Bertz CT molecular complexity index is 367. The van der Waals surface area contributed by atoms with Crippen LogP contribution in [0, 0.1) is 6.92 Å². The molecule has 0 saturated carbocycles. The molecule has 0 radical (unpaired) electrons. The highest BCUT2D eigenvalue weighted by atomic mass is 35.5. The van der Waals surface area contributed by atoms with Crippen molar-refractivity contribution in [2.45, 2.75) is 39.2 Å². The van der Waals surface area contributed by atoms with Gasteiger partial charge in [0.25, 0.3) is 0 Å². The van der Waals surface area contributed by atoms with Gasteiger partial charge >= 0.3 is 0 Å². The minimum Gasteiger partial charge on any atom is -0.492 e. The van der Waals surface area contributed by atoms with Crippen molar-refractivity contribution >= 4 is 11.6 Å². The molecule has 1 atom stereocenters. The van der Waals surface area contributed by atoms with Gasteiger partial charge in [-0.1, -0.05) is 24.6 Å². The molecular formula is C15H24ClNO2. The molecular weight excluding hydrogens is 262 g/mol. The second-order valence-corrected chi connectivity index (χ2v) is 5.14. The highest BCUT2D eigenvalue weighted by molar-refractivity contribution is 6.32. The van der Waals surface area contributed by atoms with Gasteiger partial charge in [-0.25, -0.2) is 0 Å². The van der Waals surface area contributed by atoms with Crippen LogP contribution in [-0.4, -0.2) is 30.9 Å². The van der Waals surface area contributed by atoms with Gasteiger partial charge in [0.2, 0.25) is 0 Å². The summed E-state index contributed by atoms with van der Waals surface area (Å²) in [6, 6.07) is 6.01. The Labute approximate surface area is 120 Å². The third kappa shape index (κ3) is 6.28. The van der Waals surface area contributed by atoms with E-state index in [2.05, 4.69) is 12.2 Å². The quantitative estimate of drug-likeness (QED) is 0.685. The molecule has 0 aliphatic heterocycles. The van der Waals surface area contributed by atoms with Gasteiger partial charge < -0.3 is 15.2 Å². The summed E-state index contributed by atoms with van der Waals surface area (Å²) < 4.78 is 5.67. The first-order valence-electron chi connectivity index (χ1n) is 6.90. The summed E-state index contributed by atoms with van der Waals surface area (Å²) in [5, 5.41) is 13.0. The molecule has 0 bridgehead atoms. The van der Waals surface area contributed by atoms with Crippen LogP contribution in [-0.2, 0) is 0 Å². The van der Waals surface area contributed by atoms with Crippen LogP contribution in [0.4, 0.5) is 0 Å². The van der Waals surface area contributed by atoms with E-state index in [1.165, 1.54) is 0 Å². The van der Waals surface area contributed by atoms with Crippen LogP contribution in [0.3, 0.4) is 0 Å². The smallest absolute Gasteiger partial charge is 0.138 e. The molecule has 1 unspecified atom stereocenters. The highest BCUT2D eigenvalue weighted by Gasteiger charge is 2.03. The predicted octanol–water partition coefficient (Wildman–Crippen LogP) is 3.17. The van der Waals surface area contributed by atoms with Gasteiger partial charge in [0.15, 0.2) is 0 Å². The summed E-state index contributed by atoms with van der Waals surface area (Å²) in [5.74, 6) is 0.761. The standard InChI is InChI=1S/C15H24ClNO2/c1-3-13(11-18)17-8-4-5-9-19-15-10-12(2)6-7-14(15)16/h6-7,10,13,17-18H,3-5,8-9,11H2,1-2H3. The number of ether oxygens (including phenoxy) is 1. The summed E-state index contributed by atoms with van der Waals surface area (Å²) in [5.41, 5.74) is 1.15. The maximum atomic E-state index is 9.03. The second kappa shape index (κ2) is 9.18. The topological polar surface area (TPSA) is 41.5 Å². The number of aliphatic hydroxyl groups is 1. The third-order valence-electron chi connectivity index (χ3n) is 3.06. The molecule has 0 aromatic heterocycles. The monoisotopic (exact) mass is 285 g/mol. The molecule has 1 aromatic carbocycles. The predicted molar refractivity (Wildman–Crippen MR) is 80.1 cm³/mol. The summed E-state index contributed by atoms with van der Waals surface area (Å²) in [6.45, 7) is 5.86. The Morgan fingerprint density at radius 1 is 1.37 bits per heavy atom. The number of aliphatic hydroxyl groups excluding tert-OH is 1. The van der Waals surface area contributed by atoms with Crippen molar-refractivity contribution in [3.8, 4) is 5.75 Å². The molecule has 0 heterocycles. The average molecular weight is 286 g/mol. The zero-order valence-electron chi connectivity index (χ0n) is 11.8. The van der Waals surface area contributed by atoms with Crippen LogP contribution in [0.25, 0.3) is 0 Å². The fourth-order valence-electron chi connectivity index (χ4n) is 1.77. The van der Waals surface area contributed by atoms with Crippen LogP contribution >= 0.6 is 11.6 Å². The van der Waals surface area contributed by atoms with Gasteiger partial charge in [-0.3, -0.25) is 0 Å². The summed E-state index contributed by atoms with van der Waals surface area (Å²) in [6.07, 6.45) is 2.95. The Morgan fingerprint density at radius 3 is 2.84 bits per heavy atom. The summed E-state index contributed by atoms with van der Waals surface area (Å²) >= 11 is 6.05. The number of hydrogen-bond donors (Lipinski definition) is 2. The number of benzene rings is 1. The van der Waals surface area contributed by atoms with Crippen LogP contribution in [0.2, 0.25) is 5.02 Å². The van der Waals surface area contributed by atoms with Crippen molar-refractivity contribution in [3.05, 3.63) is 28.8 Å². The van der Waals surface area contributed by atoms with E-state index >= 15 is 0 Å². The van der Waals surface area contributed by atoms with Crippen molar-refractivity contribution < 1.29 is 9.84 Å². The zero-order chi connectivity index (χ0) is 14.1. The van der Waals surface area contributed by atoms with Crippen LogP contribution in [0.5, 0.6) is 5.75 Å². The third-order valence-corrected chi connectivity index (χ3v) is 3.37. The molecule has 0 aliphatic carbocycles. The normalized spacial score (nSPS) is 12.4. The lowest BCUT2D eigenvalue weighted by Crippen LogP contribution is -2.32. The van der Waals surface area contributed by atoms with E-state index in [0.29, 0.717) is 11.6 Å². The molecule has 19 heavy (non-hydrogen) atoms. The minimum atomic E-state index is 0.200. The Morgan fingerprint density at radius 2 is 2.16 bits per heavy atom. The lowest BCUT2D eigenvalue weighted by Gasteiger charge is -2.14. The minimum absolute atomic E-state index is 0.200. The van der Waals surface area contributed by atoms with Crippen LogP contribution in [0.15, 0.2) is 18.2 Å². The maximum Gasteiger partial charge on any atom is 0.138 e. The number of rotatable bonds is 9. The fraction of sp³-hybridized carbons (Fsp3) is 0.600. The molecule has 1 rings (SSSR count). The fourth-order valence-corrected chi connectivity index (χ4v) is 1.95. The zero-order valence-corrected chi connectivity index (χ0v) is 12.5. The van der Waals surface area contributed by atoms with Crippen LogP contribution < -0.4 is 10.1 Å². The number of hydrogen-bond acceptors (Lipinski definition) is 3. The Hall–Kier alpha value is -0.770. The number of nitrogens with one attached hydrogen (secondary N) is 1. The van der Waals surface area contributed by atoms with Crippen molar-refractivity contribution in [3.63, 3.8) is 0 Å². The van der Waals surface area contributed by atoms with E-state index in [0.717, 1.165) is 37.1 Å². The van der Waals surface area contributed by atoms with E-state index in [1.807, 2.05) is 25.1 Å². The van der Waals surface area contributed by atoms with Gasteiger partial charge in [-0.15, -0.1) is 0 Å². The van der Waals surface area contributed by atoms with E-state index < -0.39 is 0 Å². The molecule has 2 N–H and O–H groups in total. The van der Waals surface area contributed by atoms with Crippen molar-refractivity contribution in [2.24, 2.45) is 0 Å². The SMILES string of the molecule is CCC(CO)NCCCCOc1cc(C)ccc1Cl. The molecule has 0 saturated heterocycles. The lowest BCUT2D eigenvalue weighted by atomic mass is 10.2. The van der Waals surface area contributed by atoms with Gasteiger partial charge in [-0.05, 0) is 50.4 Å².